The van der Waals surface area contributed by atoms with Crippen LogP contribution in [0, 0.1) is 0 Å². The van der Waals surface area contributed by atoms with E-state index in [1.807, 2.05) is 0 Å². The van der Waals surface area contributed by atoms with Gasteiger partial charge in [0.1, 0.15) is 19.5 Å². The third-order valence-corrected chi connectivity index (χ3v) is 2.85. The summed E-state index contributed by atoms with van der Waals surface area (Å²) in [6, 6.07) is 3.42. The largest absolute Gasteiger partial charge is 0.487 e. The van der Waals surface area contributed by atoms with Gasteiger partial charge < -0.3 is 29.5 Å². The molecule has 0 fully saturated rings. The number of hydrogen-bond donors (Lipinski definition) is 1. The van der Waals surface area contributed by atoms with E-state index in [9.17, 15) is 4.79 Å². The summed E-state index contributed by atoms with van der Waals surface area (Å²) in [4.78, 5) is 10.6. The Morgan fingerprint density at radius 2 is 1.50 bits per heavy atom. The first-order chi connectivity index (χ1) is 9.81. The van der Waals surface area contributed by atoms with Crippen molar-refractivity contribution in [3.8, 4) is 11.5 Å². The average molecular weight is 281 g/mol. The highest BCUT2D eigenvalue weighted by atomic mass is 16.6. The SMILES string of the molecule is Nc1cc2c(cc1CC=O)OCCOCCOCCO2. The molecule has 1 aliphatic heterocycles. The summed E-state index contributed by atoms with van der Waals surface area (Å²) in [7, 11) is 0. The third-order valence-electron chi connectivity index (χ3n) is 2.85. The molecular formula is C14H19NO5. The van der Waals surface area contributed by atoms with Crippen molar-refractivity contribution in [3.63, 3.8) is 0 Å². The fourth-order valence-corrected chi connectivity index (χ4v) is 1.85. The van der Waals surface area contributed by atoms with Gasteiger partial charge in [0.15, 0.2) is 11.5 Å². The predicted molar refractivity (Wildman–Crippen MR) is 73.3 cm³/mol. The number of carbonyl (C=O) groups excluding carboxylic acids is 1. The van der Waals surface area contributed by atoms with E-state index in [2.05, 4.69) is 0 Å². The van der Waals surface area contributed by atoms with Crippen LogP contribution in [0.3, 0.4) is 0 Å². The minimum atomic E-state index is 0.252. The maximum absolute atomic E-state index is 10.6. The molecule has 2 rings (SSSR count). The number of hydrogen-bond acceptors (Lipinski definition) is 6. The molecule has 0 spiro atoms. The first kappa shape index (κ1) is 14.6. The highest BCUT2D eigenvalue weighted by molar-refractivity contribution is 5.65. The van der Waals surface area contributed by atoms with E-state index in [1.165, 1.54) is 0 Å². The van der Waals surface area contributed by atoms with Crippen LogP contribution < -0.4 is 15.2 Å². The zero-order valence-corrected chi connectivity index (χ0v) is 11.3. The van der Waals surface area contributed by atoms with E-state index < -0.39 is 0 Å². The van der Waals surface area contributed by atoms with Crippen molar-refractivity contribution in [2.24, 2.45) is 0 Å². The molecule has 20 heavy (non-hydrogen) atoms. The topological polar surface area (TPSA) is 80.0 Å². The van der Waals surface area contributed by atoms with Gasteiger partial charge in [0.25, 0.3) is 0 Å². The molecule has 0 bridgehead atoms. The van der Waals surface area contributed by atoms with Crippen LogP contribution in [0.25, 0.3) is 0 Å². The lowest BCUT2D eigenvalue weighted by molar-refractivity contribution is -0.107. The zero-order chi connectivity index (χ0) is 14.2. The van der Waals surface area contributed by atoms with Gasteiger partial charge in [0.05, 0.1) is 26.4 Å². The van der Waals surface area contributed by atoms with Gasteiger partial charge in [0.2, 0.25) is 0 Å². The molecule has 2 N–H and O–H groups in total. The van der Waals surface area contributed by atoms with Crippen LogP contribution >= 0.6 is 0 Å². The zero-order valence-electron chi connectivity index (χ0n) is 11.3. The summed E-state index contributed by atoms with van der Waals surface area (Å²) in [6.45, 7) is 2.82. The molecule has 6 heteroatoms. The minimum absolute atomic E-state index is 0.252. The Bertz CT molecular complexity index is 449. The van der Waals surface area contributed by atoms with Gasteiger partial charge >= 0.3 is 0 Å². The number of anilines is 1. The number of carbonyl (C=O) groups is 1. The van der Waals surface area contributed by atoms with Gasteiger partial charge in [-0.15, -0.1) is 0 Å². The standard InChI is InChI=1S/C14H19NO5/c15-12-10-14-13(9-11(12)1-2-16)19-7-5-17-3-4-18-6-8-20-14/h2,9-10H,1,3-8,15H2. The summed E-state index contributed by atoms with van der Waals surface area (Å²) in [5.74, 6) is 1.13. The van der Waals surface area contributed by atoms with Crippen LogP contribution in [-0.4, -0.2) is 45.9 Å². The fourth-order valence-electron chi connectivity index (χ4n) is 1.85. The smallest absolute Gasteiger partial charge is 0.163 e. The van der Waals surface area contributed by atoms with Crippen molar-refractivity contribution >= 4 is 12.0 Å². The third kappa shape index (κ3) is 4.11. The number of nitrogen functional groups attached to an aromatic ring is 1. The molecule has 0 amide bonds. The van der Waals surface area contributed by atoms with Crippen LogP contribution in [0.1, 0.15) is 5.56 Å². The summed E-state index contributed by atoms with van der Waals surface area (Å²) in [6.07, 6.45) is 1.06. The van der Waals surface area contributed by atoms with Gasteiger partial charge in [-0.2, -0.15) is 0 Å². The lowest BCUT2D eigenvalue weighted by atomic mass is 10.1. The van der Waals surface area contributed by atoms with Crippen molar-refractivity contribution in [2.75, 3.05) is 45.4 Å². The molecule has 0 aliphatic carbocycles. The molecule has 6 nitrogen and oxygen atoms in total. The number of nitrogens with two attached hydrogens (primary N) is 1. The molecule has 0 aromatic heterocycles. The Kier molecular flexibility index (Phi) is 5.64. The molecule has 1 aliphatic rings. The lowest BCUT2D eigenvalue weighted by Gasteiger charge is -2.16. The molecule has 0 unspecified atom stereocenters. The van der Waals surface area contributed by atoms with Crippen LogP contribution in [0.4, 0.5) is 5.69 Å². The summed E-state index contributed by atoms with van der Waals surface area (Å²) >= 11 is 0. The Balaban J connectivity index is 2.17. The average Bonchev–Trinajstić information content (AvgIpc) is 2.43. The number of fused-ring (bicyclic) bond motifs is 1. The van der Waals surface area contributed by atoms with Crippen molar-refractivity contribution in [1.82, 2.24) is 0 Å². The van der Waals surface area contributed by atoms with Gasteiger partial charge in [-0.1, -0.05) is 0 Å². The van der Waals surface area contributed by atoms with Crippen molar-refractivity contribution in [3.05, 3.63) is 17.7 Å². The lowest BCUT2D eigenvalue weighted by Crippen LogP contribution is -2.16. The molecule has 110 valence electrons. The molecule has 1 aromatic carbocycles. The van der Waals surface area contributed by atoms with Crippen LogP contribution in [0.2, 0.25) is 0 Å². The van der Waals surface area contributed by atoms with Gasteiger partial charge in [-0.25, -0.2) is 0 Å². The summed E-state index contributed by atoms with van der Waals surface area (Å²) < 4.78 is 22.0. The maximum Gasteiger partial charge on any atom is 0.163 e. The molecule has 1 aromatic rings. The van der Waals surface area contributed by atoms with Crippen molar-refractivity contribution < 1.29 is 23.7 Å². The summed E-state index contributed by atoms with van der Waals surface area (Å²) in [5.41, 5.74) is 7.14. The molecular weight excluding hydrogens is 262 g/mol. The van der Waals surface area contributed by atoms with E-state index in [1.54, 1.807) is 12.1 Å². The van der Waals surface area contributed by atoms with Crippen LogP contribution in [-0.2, 0) is 20.7 Å². The quantitative estimate of drug-likeness (QED) is 0.638. The van der Waals surface area contributed by atoms with Crippen molar-refractivity contribution in [1.29, 1.82) is 0 Å². The maximum atomic E-state index is 10.6. The van der Waals surface area contributed by atoms with Crippen LogP contribution in [0.5, 0.6) is 11.5 Å². The second kappa shape index (κ2) is 7.72. The monoisotopic (exact) mass is 281 g/mol. The van der Waals surface area contributed by atoms with Gasteiger partial charge in [-0.05, 0) is 11.6 Å². The normalized spacial score (nSPS) is 16.8. The number of benzene rings is 1. The molecule has 0 saturated heterocycles. The molecule has 0 saturated carbocycles. The number of aldehydes is 1. The van der Waals surface area contributed by atoms with E-state index in [0.29, 0.717) is 56.8 Å². The fraction of sp³-hybridized carbons (Fsp3) is 0.500. The number of rotatable bonds is 2. The molecule has 1 heterocycles. The summed E-state index contributed by atoms with van der Waals surface area (Å²) in [5, 5.41) is 0. The van der Waals surface area contributed by atoms with Gasteiger partial charge in [-0.3, -0.25) is 0 Å². The molecule has 0 atom stereocenters. The Labute approximate surface area is 117 Å². The Hall–Kier alpha value is -1.79. The van der Waals surface area contributed by atoms with Gasteiger partial charge in [0, 0.05) is 18.2 Å². The predicted octanol–water partition coefficient (Wildman–Crippen LogP) is 0.815. The first-order valence-electron chi connectivity index (χ1n) is 6.58. The van der Waals surface area contributed by atoms with E-state index in [0.717, 1.165) is 11.8 Å². The highest BCUT2D eigenvalue weighted by Crippen LogP contribution is 2.32. The molecule has 0 radical (unpaired) electrons. The first-order valence-corrected chi connectivity index (χ1v) is 6.58. The Morgan fingerprint density at radius 1 is 0.950 bits per heavy atom. The van der Waals surface area contributed by atoms with E-state index in [4.69, 9.17) is 24.7 Å². The van der Waals surface area contributed by atoms with E-state index in [-0.39, 0.29) is 6.42 Å². The van der Waals surface area contributed by atoms with Crippen LogP contribution in [0.15, 0.2) is 12.1 Å². The highest BCUT2D eigenvalue weighted by Gasteiger charge is 2.11. The van der Waals surface area contributed by atoms with E-state index >= 15 is 0 Å². The number of ether oxygens (including phenoxy) is 4. The minimum Gasteiger partial charge on any atom is -0.487 e. The second-order valence-electron chi connectivity index (χ2n) is 4.29. The van der Waals surface area contributed by atoms with Crippen molar-refractivity contribution in [2.45, 2.75) is 6.42 Å². The second-order valence-corrected chi connectivity index (χ2v) is 4.29. The Morgan fingerprint density at radius 3 is 2.10 bits per heavy atom.